The first-order valence-corrected chi connectivity index (χ1v) is 7.64. The summed E-state index contributed by atoms with van der Waals surface area (Å²) >= 11 is 1.99. The smallest absolute Gasteiger partial charge is 0.0485 e. The number of hydrogen-bond acceptors (Lipinski definition) is 2. The van der Waals surface area contributed by atoms with Gasteiger partial charge in [0.15, 0.2) is 0 Å². The average Bonchev–Trinajstić information content (AvgIpc) is 2.73. The molecule has 0 aliphatic rings. The Hall–Kier alpha value is -0.930. The molecule has 0 aliphatic heterocycles. The summed E-state index contributed by atoms with van der Waals surface area (Å²) in [5.74, 6) is 1.07. The van der Waals surface area contributed by atoms with Crippen molar-refractivity contribution < 1.29 is 0 Å². The van der Waals surface area contributed by atoms with Crippen molar-refractivity contribution in [2.45, 2.75) is 44.9 Å². The maximum Gasteiger partial charge on any atom is 0.0485 e. The maximum atomic E-state index is 5.82. The number of benzene rings is 1. The number of nitrogens with zero attached hydrogens (tertiary/aromatic N) is 1. The Morgan fingerprint density at radius 2 is 2.11 bits per heavy atom. The lowest BCUT2D eigenvalue weighted by Crippen LogP contribution is -2.00. The third kappa shape index (κ3) is 2.57. The highest BCUT2D eigenvalue weighted by atomic mass is 32.2. The molecule has 0 saturated heterocycles. The van der Waals surface area contributed by atoms with Crippen LogP contribution in [0.5, 0.6) is 0 Å². The summed E-state index contributed by atoms with van der Waals surface area (Å²) in [7, 11) is 0. The van der Waals surface area contributed by atoms with E-state index >= 15 is 0 Å². The van der Waals surface area contributed by atoms with E-state index in [0.717, 1.165) is 12.3 Å². The van der Waals surface area contributed by atoms with Crippen LogP contribution >= 0.6 is 11.8 Å². The molecule has 0 aliphatic carbocycles. The topological polar surface area (TPSA) is 30.9 Å². The summed E-state index contributed by atoms with van der Waals surface area (Å²) in [6.45, 7) is 8.33. The number of aryl methyl sites for hydroxylation is 1. The Morgan fingerprint density at radius 3 is 2.72 bits per heavy atom. The predicted octanol–water partition coefficient (Wildman–Crippen LogP) is 3.76. The van der Waals surface area contributed by atoms with Gasteiger partial charge in [-0.3, -0.25) is 0 Å². The van der Waals surface area contributed by atoms with E-state index in [1.54, 1.807) is 0 Å². The molecule has 0 radical (unpaired) electrons. The number of fused-ring (bicyclic) bond motifs is 1. The average molecular weight is 262 g/mol. The van der Waals surface area contributed by atoms with Crippen LogP contribution in [0.1, 0.15) is 32.0 Å². The Labute approximate surface area is 114 Å². The summed E-state index contributed by atoms with van der Waals surface area (Å²) in [5, 5.41) is 1.99. The van der Waals surface area contributed by atoms with Crippen LogP contribution in [-0.4, -0.2) is 9.82 Å². The Bertz CT molecular complexity index is 529. The minimum atomic E-state index is 0.613. The minimum Gasteiger partial charge on any atom is -0.344 e. The fraction of sp³-hybridized carbons (Fsp3) is 0.467. The molecule has 0 saturated carbocycles. The fourth-order valence-electron chi connectivity index (χ4n) is 2.32. The van der Waals surface area contributed by atoms with Crippen molar-refractivity contribution in [3.05, 3.63) is 35.5 Å². The number of aromatic nitrogens is 1. The molecule has 2 rings (SSSR count). The molecule has 1 aromatic heterocycles. The fourth-order valence-corrected chi connectivity index (χ4v) is 3.07. The summed E-state index contributed by atoms with van der Waals surface area (Å²) < 4.78 is 2.41. The summed E-state index contributed by atoms with van der Waals surface area (Å²) in [6, 6.07) is 8.75. The largest absolute Gasteiger partial charge is 0.344 e. The normalized spacial score (nSPS) is 11.6. The summed E-state index contributed by atoms with van der Waals surface area (Å²) in [5.41, 5.74) is 9.80. The standard InChI is InChI=1S/C15H22N2S/c1-4-17-13(10-18-11(2)3)8-14-12(9-16)6-5-7-15(14)17/h5-8,11H,4,9-10,16H2,1-3H3. The van der Waals surface area contributed by atoms with Crippen LogP contribution in [0.4, 0.5) is 0 Å². The minimum absolute atomic E-state index is 0.613. The monoisotopic (exact) mass is 262 g/mol. The van der Waals surface area contributed by atoms with Gasteiger partial charge in [0, 0.05) is 35.4 Å². The van der Waals surface area contributed by atoms with E-state index in [1.807, 2.05) is 11.8 Å². The molecular formula is C15H22N2S. The van der Waals surface area contributed by atoms with Crippen LogP contribution in [0.15, 0.2) is 24.3 Å². The Kier molecular flexibility index (Phi) is 4.36. The second-order valence-electron chi connectivity index (χ2n) is 4.79. The number of thioether (sulfide) groups is 1. The summed E-state index contributed by atoms with van der Waals surface area (Å²) in [4.78, 5) is 0. The molecule has 0 amide bonds. The lowest BCUT2D eigenvalue weighted by molar-refractivity contribution is 0.765. The van der Waals surface area contributed by atoms with Gasteiger partial charge in [-0.05, 0) is 29.9 Å². The molecule has 0 spiro atoms. The Balaban J connectivity index is 2.46. The van der Waals surface area contributed by atoms with E-state index in [9.17, 15) is 0 Å². The van der Waals surface area contributed by atoms with Crippen molar-refractivity contribution in [3.63, 3.8) is 0 Å². The molecular weight excluding hydrogens is 240 g/mol. The lowest BCUT2D eigenvalue weighted by atomic mass is 10.1. The van der Waals surface area contributed by atoms with Crippen LogP contribution in [0.3, 0.4) is 0 Å². The van der Waals surface area contributed by atoms with Crippen molar-refractivity contribution in [2.75, 3.05) is 0 Å². The number of hydrogen-bond donors (Lipinski definition) is 1. The van der Waals surface area contributed by atoms with Gasteiger partial charge in [0.05, 0.1) is 0 Å². The molecule has 1 aromatic carbocycles. The van der Waals surface area contributed by atoms with Gasteiger partial charge in [-0.2, -0.15) is 11.8 Å². The van der Waals surface area contributed by atoms with Crippen molar-refractivity contribution in [1.29, 1.82) is 0 Å². The van der Waals surface area contributed by atoms with Crippen molar-refractivity contribution in [2.24, 2.45) is 5.73 Å². The van der Waals surface area contributed by atoms with E-state index in [4.69, 9.17) is 5.73 Å². The van der Waals surface area contributed by atoms with Gasteiger partial charge < -0.3 is 10.3 Å². The first-order chi connectivity index (χ1) is 8.67. The van der Waals surface area contributed by atoms with Gasteiger partial charge in [-0.25, -0.2) is 0 Å². The molecule has 2 N–H and O–H groups in total. The van der Waals surface area contributed by atoms with E-state index in [2.05, 4.69) is 49.6 Å². The third-order valence-corrected chi connectivity index (χ3v) is 4.35. The molecule has 3 heteroatoms. The van der Waals surface area contributed by atoms with E-state index in [-0.39, 0.29) is 0 Å². The zero-order valence-corrected chi connectivity index (χ0v) is 12.3. The third-order valence-electron chi connectivity index (χ3n) is 3.22. The van der Waals surface area contributed by atoms with Crippen LogP contribution in [-0.2, 0) is 18.8 Å². The van der Waals surface area contributed by atoms with Crippen LogP contribution < -0.4 is 5.73 Å². The molecule has 2 aromatic rings. The zero-order valence-electron chi connectivity index (χ0n) is 11.4. The highest BCUT2D eigenvalue weighted by Gasteiger charge is 2.10. The molecule has 98 valence electrons. The molecule has 0 fully saturated rings. The van der Waals surface area contributed by atoms with Gasteiger partial charge in [0.2, 0.25) is 0 Å². The van der Waals surface area contributed by atoms with Gasteiger partial charge in [0.25, 0.3) is 0 Å². The highest BCUT2D eigenvalue weighted by molar-refractivity contribution is 7.99. The molecule has 18 heavy (non-hydrogen) atoms. The van der Waals surface area contributed by atoms with Gasteiger partial charge in [-0.1, -0.05) is 26.0 Å². The first-order valence-electron chi connectivity index (χ1n) is 6.59. The van der Waals surface area contributed by atoms with Crippen molar-refractivity contribution in [1.82, 2.24) is 4.57 Å². The van der Waals surface area contributed by atoms with Crippen LogP contribution in [0.2, 0.25) is 0 Å². The van der Waals surface area contributed by atoms with E-state index < -0.39 is 0 Å². The SMILES string of the molecule is CCn1c(CSC(C)C)cc2c(CN)cccc21. The molecule has 0 bridgehead atoms. The lowest BCUT2D eigenvalue weighted by Gasteiger charge is -2.09. The predicted molar refractivity (Wildman–Crippen MR) is 81.9 cm³/mol. The zero-order chi connectivity index (χ0) is 13.1. The van der Waals surface area contributed by atoms with E-state index in [1.165, 1.54) is 22.2 Å². The van der Waals surface area contributed by atoms with Gasteiger partial charge in [-0.15, -0.1) is 0 Å². The quantitative estimate of drug-likeness (QED) is 0.889. The van der Waals surface area contributed by atoms with Gasteiger partial charge >= 0.3 is 0 Å². The van der Waals surface area contributed by atoms with Crippen LogP contribution in [0, 0.1) is 0 Å². The van der Waals surface area contributed by atoms with Crippen molar-refractivity contribution in [3.8, 4) is 0 Å². The second-order valence-corrected chi connectivity index (χ2v) is 6.36. The highest BCUT2D eigenvalue weighted by Crippen LogP contribution is 2.27. The van der Waals surface area contributed by atoms with Crippen molar-refractivity contribution >= 4 is 22.7 Å². The molecule has 0 atom stereocenters. The molecule has 1 heterocycles. The second kappa shape index (κ2) is 5.81. The van der Waals surface area contributed by atoms with E-state index in [0.29, 0.717) is 11.8 Å². The first kappa shape index (κ1) is 13.5. The number of rotatable bonds is 5. The Morgan fingerprint density at radius 1 is 1.33 bits per heavy atom. The summed E-state index contributed by atoms with van der Waals surface area (Å²) in [6.07, 6.45) is 0. The molecule has 0 unspecified atom stereocenters. The molecule has 2 nitrogen and oxygen atoms in total. The van der Waals surface area contributed by atoms with Crippen LogP contribution in [0.25, 0.3) is 10.9 Å². The number of nitrogens with two attached hydrogens (primary N) is 1. The van der Waals surface area contributed by atoms with Gasteiger partial charge in [0.1, 0.15) is 0 Å². The maximum absolute atomic E-state index is 5.82.